The highest BCUT2D eigenvalue weighted by atomic mass is 31.2. The molecule has 2 aromatic carbocycles. The van der Waals surface area contributed by atoms with E-state index in [1.165, 1.54) is 14.2 Å². The fourth-order valence-electron chi connectivity index (χ4n) is 3.37. The molecule has 0 saturated heterocycles. The molecule has 148 valence electrons. The average Bonchev–Trinajstić information content (AvgIpc) is 2.68. The van der Waals surface area contributed by atoms with Gasteiger partial charge in [0.15, 0.2) is 5.85 Å². The summed E-state index contributed by atoms with van der Waals surface area (Å²) in [5.41, 5.74) is 0. The molecule has 0 unspecified atom stereocenters. The van der Waals surface area contributed by atoms with Crippen molar-refractivity contribution in [2.45, 2.75) is 31.7 Å². The van der Waals surface area contributed by atoms with Gasteiger partial charge in [-0.2, -0.15) is 0 Å². The molecule has 0 saturated carbocycles. The first-order valence-electron chi connectivity index (χ1n) is 8.85. The molecule has 1 N–H and O–H groups in total. The third-order valence-corrected chi connectivity index (χ3v) is 11.6. The van der Waals surface area contributed by atoms with E-state index in [0.717, 1.165) is 10.4 Å². The van der Waals surface area contributed by atoms with Crippen LogP contribution in [0.15, 0.2) is 60.7 Å². The van der Waals surface area contributed by atoms with E-state index < -0.39 is 21.8 Å². The summed E-state index contributed by atoms with van der Waals surface area (Å²) in [6.45, 7) is 6.26. The molecule has 2 rings (SSSR count). The summed E-state index contributed by atoms with van der Waals surface area (Å²) >= 11 is 0. The molecule has 0 aliphatic heterocycles. The maximum absolute atomic E-state index is 12.5. The lowest BCUT2D eigenvalue weighted by molar-refractivity contribution is 0.121. The maximum Gasteiger partial charge on any atom is 0.360 e. The predicted octanol–water partition coefficient (Wildman–Crippen LogP) is 3.37. The number of aliphatic hydroxyl groups is 1. The molecular weight excluding hydrogens is 379 g/mol. The summed E-state index contributed by atoms with van der Waals surface area (Å²) in [6.07, 6.45) is 0. The van der Waals surface area contributed by atoms with Crippen LogP contribution in [0.1, 0.15) is 20.8 Å². The Balaban J connectivity index is 2.55. The van der Waals surface area contributed by atoms with Crippen LogP contribution in [0.4, 0.5) is 0 Å². The molecule has 27 heavy (non-hydrogen) atoms. The largest absolute Gasteiger partial charge is 0.404 e. The molecule has 7 heteroatoms. The SMILES string of the molecule is COP(=O)(OC)[C@H](O)CO[Si](c1ccccc1)(c1ccccc1)C(C)(C)C. The lowest BCUT2D eigenvalue weighted by Crippen LogP contribution is -2.67. The van der Waals surface area contributed by atoms with Crippen molar-refractivity contribution in [1.29, 1.82) is 0 Å². The topological polar surface area (TPSA) is 65.0 Å². The van der Waals surface area contributed by atoms with Crippen LogP contribution in [-0.2, 0) is 18.0 Å². The highest BCUT2D eigenvalue weighted by molar-refractivity contribution is 7.54. The van der Waals surface area contributed by atoms with Gasteiger partial charge in [0.05, 0.1) is 6.61 Å². The Morgan fingerprint density at radius 3 is 1.67 bits per heavy atom. The van der Waals surface area contributed by atoms with Crippen LogP contribution in [0.3, 0.4) is 0 Å². The Labute approximate surface area is 163 Å². The van der Waals surface area contributed by atoms with Gasteiger partial charge in [0.1, 0.15) is 0 Å². The molecule has 0 aromatic heterocycles. The highest BCUT2D eigenvalue weighted by Crippen LogP contribution is 2.51. The lowest BCUT2D eigenvalue weighted by atomic mass is 10.2. The van der Waals surface area contributed by atoms with Gasteiger partial charge >= 0.3 is 7.60 Å². The Hall–Kier alpha value is -1.27. The number of hydrogen-bond donors (Lipinski definition) is 1. The molecule has 0 bridgehead atoms. The van der Waals surface area contributed by atoms with Gasteiger partial charge in [-0.25, -0.2) is 0 Å². The first-order valence-corrected chi connectivity index (χ1v) is 12.4. The van der Waals surface area contributed by atoms with Crippen molar-refractivity contribution in [2.24, 2.45) is 0 Å². The van der Waals surface area contributed by atoms with Crippen LogP contribution in [0, 0.1) is 0 Å². The van der Waals surface area contributed by atoms with Gasteiger partial charge in [-0.15, -0.1) is 0 Å². The molecule has 5 nitrogen and oxygen atoms in total. The van der Waals surface area contributed by atoms with E-state index in [0.29, 0.717) is 0 Å². The van der Waals surface area contributed by atoms with Crippen molar-refractivity contribution in [3.8, 4) is 0 Å². The van der Waals surface area contributed by atoms with E-state index in [1.807, 2.05) is 36.4 Å². The van der Waals surface area contributed by atoms with E-state index >= 15 is 0 Å². The van der Waals surface area contributed by atoms with Crippen LogP contribution in [0.5, 0.6) is 0 Å². The highest BCUT2D eigenvalue weighted by Gasteiger charge is 2.51. The summed E-state index contributed by atoms with van der Waals surface area (Å²) in [7, 11) is -3.93. The number of aliphatic hydroxyl groups excluding tert-OH is 1. The summed E-state index contributed by atoms with van der Waals surface area (Å²) in [5.74, 6) is -1.37. The van der Waals surface area contributed by atoms with E-state index in [9.17, 15) is 9.67 Å². The minimum Gasteiger partial charge on any atom is -0.404 e. The predicted molar refractivity (Wildman–Crippen MR) is 111 cm³/mol. The standard InChI is InChI=1S/C20H29O5PSi/c1-20(2,3)27(17-12-8-6-9-13-17,18-14-10-7-11-15-18)25-16-19(21)26(22,23-4)24-5/h6-15,19,21H,16H2,1-5H3/t19-/m0/s1. The van der Waals surface area contributed by atoms with Gasteiger partial charge in [-0.05, 0) is 15.4 Å². The third-order valence-electron chi connectivity index (χ3n) is 4.74. The van der Waals surface area contributed by atoms with Crippen molar-refractivity contribution in [1.82, 2.24) is 0 Å². The minimum absolute atomic E-state index is 0.147. The van der Waals surface area contributed by atoms with Gasteiger partial charge in [-0.3, -0.25) is 4.57 Å². The van der Waals surface area contributed by atoms with E-state index in [-0.39, 0.29) is 11.6 Å². The second kappa shape index (κ2) is 8.82. The molecule has 2 aromatic rings. The van der Waals surface area contributed by atoms with Crippen LogP contribution in [0.2, 0.25) is 5.04 Å². The first kappa shape index (κ1) is 22.0. The molecule has 0 aliphatic rings. The molecule has 0 heterocycles. The van der Waals surface area contributed by atoms with Gasteiger partial charge in [0, 0.05) is 14.2 Å². The van der Waals surface area contributed by atoms with Crippen molar-refractivity contribution in [2.75, 3.05) is 20.8 Å². The zero-order valence-electron chi connectivity index (χ0n) is 16.6. The molecule has 0 spiro atoms. The third kappa shape index (κ3) is 4.42. The second-order valence-electron chi connectivity index (χ2n) is 7.36. The Morgan fingerprint density at radius 1 is 0.926 bits per heavy atom. The van der Waals surface area contributed by atoms with Gasteiger partial charge in [0.2, 0.25) is 0 Å². The van der Waals surface area contributed by atoms with Gasteiger partial charge < -0.3 is 18.6 Å². The van der Waals surface area contributed by atoms with Crippen LogP contribution >= 0.6 is 7.60 Å². The maximum atomic E-state index is 12.5. The Morgan fingerprint density at radius 2 is 1.33 bits per heavy atom. The van der Waals surface area contributed by atoms with Crippen molar-refractivity contribution in [3.05, 3.63) is 60.7 Å². The lowest BCUT2D eigenvalue weighted by Gasteiger charge is -2.43. The Kier molecular flexibility index (Phi) is 7.19. The van der Waals surface area contributed by atoms with Crippen molar-refractivity contribution >= 4 is 26.3 Å². The second-order valence-corrected chi connectivity index (χ2v) is 14.1. The van der Waals surface area contributed by atoms with Gasteiger partial charge in [0.25, 0.3) is 8.32 Å². The average molecular weight is 409 g/mol. The fourth-order valence-corrected chi connectivity index (χ4v) is 8.97. The zero-order valence-corrected chi connectivity index (χ0v) is 18.5. The quantitative estimate of drug-likeness (QED) is 0.536. The van der Waals surface area contributed by atoms with E-state index in [2.05, 4.69) is 45.0 Å². The van der Waals surface area contributed by atoms with Crippen LogP contribution in [-0.4, -0.2) is 40.1 Å². The molecule has 0 fully saturated rings. The normalized spacial score (nSPS) is 14.1. The van der Waals surface area contributed by atoms with Crippen molar-refractivity contribution in [3.63, 3.8) is 0 Å². The molecule has 1 atom stereocenters. The summed E-state index contributed by atoms with van der Waals surface area (Å²) < 4.78 is 28.9. The van der Waals surface area contributed by atoms with E-state index in [1.54, 1.807) is 0 Å². The molecule has 0 amide bonds. The monoisotopic (exact) mass is 408 g/mol. The summed E-state index contributed by atoms with van der Waals surface area (Å²) in [6, 6.07) is 20.1. The number of hydrogen-bond acceptors (Lipinski definition) is 5. The van der Waals surface area contributed by atoms with Crippen LogP contribution in [0.25, 0.3) is 0 Å². The Bertz CT molecular complexity index is 713. The first-order chi connectivity index (χ1) is 12.7. The van der Waals surface area contributed by atoms with Gasteiger partial charge in [-0.1, -0.05) is 81.4 Å². The van der Waals surface area contributed by atoms with Crippen molar-refractivity contribution < 1.29 is 23.1 Å². The van der Waals surface area contributed by atoms with E-state index in [4.69, 9.17) is 13.5 Å². The number of rotatable bonds is 8. The minimum atomic E-state index is -3.64. The smallest absolute Gasteiger partial charge is 0.360 e. The molecular formula is C20H29O5PSi. The summed E-state index contributed by atoms with van der Waals surface area (Å²) in [4.78, 5) is 0. The molecule has 0 radical (unpaired) electrons. The number of benzene rings is 2. The summed E-state index contributed by atoms with van der Waals surface area (Å²) in [5, 5.41) is 12.4. The fraction of sp³-hybridized carbons (Fsp3) is 0.400. The van der Waals surface area contributed by atoms with Crippen LogP contribution < -0.4 is 10.4 Å². The zero-order chi connectivity index (χ0) is 20.1. The molecule has 0 aliphatic carbocycles.